The highest BCUT2D eigenvalue weighted by atomic mass is 19.2. The van der Waals surface area contributed by atoms with E-state index in [1.165, 1.54) is 19.1 Å². The van der Waals surface area contributed by atoms with Crippen molar-refractivity contribution in [3.63, 3.8) is 0 Å². The molecule has 1 unspecified atom stereocenters. The van der Waals surface area contributed by atoms with Gasteiger partial charge in [-0.3, -0.25) is 4.98 Å². The summed E-state index contributed by atoms with van der Waals surface area (Å²) in [5.41, 5.74) is -0.703. The highest BCUT2D eigenvalue weighted by Gasteiger charge is 2.28. The van der Waals surface area contributed by atoms with Gasteiger partial charge in [0, 0.05) is 24.4 Å². The van der Waals surface area contributed by atoms with E-state index in [9.17, 15) is 13.9 Å². The molecule has 0 fully saturated rings. The molecule has 0 bridgehead atoms. The van der Waals surface area contributed by atoms with Gasteiger partial charge in [0.25, 0.3) is 0 Å². The second kappa shape index (κ2) is 4.82. The van der Waals surface area contributed by atoms with E-state index in [0.717, 1.165) is 11.6 Å². The number of nitrogens with zero attached hydrogens (tertiary/aromatic N) is 1. The van der Waals surface area contributed by atoms with E-state index in [0.29, 0.717) is 0 Å². The summed E-state index contributed by atoms with van der Waals surface area (Å²) in [4.78, 5) is 3.86. The smallest absolute Gasteiger partial charge is 0.164 e. The minimum atomic E-state index is -1.46. The molecule has 18 heavy (non-hydrogen) atoms. The molecule has 4 heteroatoms. The van der Waals surface area contributed by atoms with Gasteiger partial charge in [-0.2, -0.15) is 0 Å². The standard InChI is InChI=1S/C14H13F2NO/c1-14(18,9-10-5-7-17-8-6-10)11-3-2-4-12(15)13(11)16/h2-8,18H,9H2,1H3. The van der Waals surface area contributed by atoms with E-state index in [1.54, 1.807) is 24.5 Å². The fourth-order valence-electron chi connectivity index (χ4n) is 1.91. The van der Waals surface area contributed by atoms with Gasteiger partial charge in [0.1, 0.15) is 0 Å². The molecule has 1 heterocycles. The van der Waals surface area contributed by atoms with Gasteiger partial charge in [-0.15, -0.1) is 0 Å². The van der Waals surface area contributed by atoms with Gasteiger partial charge < -0.3 is 5.11 Å². The van der Waals surface area contributed by atoms with Crippen LogP contribution in [0.1, 0.15) is 18.1 Å². The summed E-state index contributed by atoms with van der Waals surface area (Å²) in [5, 5.41) is 10.3. The summed E-state index contributed by atoms with van der Waals surface area (Å²) in [5.74, 6) is -1.96. The number of pyridine rings is 1. The molecule has 2 aromatic rings. The number of benzene rings is 1. The van der Waals surface area contributed by atoms with Crippen molar-refractivity contribution in [2.24, 2.45) is 0 Å². The minimum Gasteiger partial charge on any atom is -0.385 e. The van der Waals surface area contributed by atoms with E-state index >= 15 is 0 Å². The van der Waals surface area contributed by atoms with Crippen LogP contribution in [0.2, 0.25) is 0 Å². The van der Waals surface area contributed by atoms with Gasteiger partial charge in [-0.25, -0.2) is 8.78 Å². The molecule has 0 amide bonds. The summed E-state index contributed by atoms with van der Waals surface area (Å²) in [6, 6.07) is 7.26. The number of aliphatic hydroxyl groups is 1. The molecular weight excluding hydrogens is 236 g/mol. The van der Waals surface area contributed by atoms with Crippen molar-refractivity contribution < 1.29 is 13.9 Å². The van der Waals surface area contributed by atoms with E-state index in [-0.39, 0.29) is 12.0 Å². The zero-order chi connectivity index (χ0) is 13.2. The predicted molar refractivity (Wildman–Crippen MR) is 63.9 cm³/mol. The maximum absolute atomic E-state index is 13.7. The first-order chi connectivity index (χ1) is 8.50. The number of halogens is 2. The van der Waals surface area contributed by atoms with Gasteiger partial charge in [-0.05, 0) is 30.7 Å². The van der Waals surface area contributed by atoms with Crippen LogP contribution in [0.25, 0.3) is 0 Å². The molecule has 0 saturated heterocycles. The van der Waals surface area contributed by atoms with Crippen molar-refractivity contribution in [3.8, 4) is 0 Å². The molecule has 0 spiro atoms. The lowest BCUT2D eigenvalue weighted by molar-refractivity contribution is 0.0530. The molecule has 0 aliphatic heterocycles. The summed E-state index contributed by atoms with van der Waals surface area (Å²) in [6.07, 6.45) is 3.37. The second-order valence-corrected chi connectivity index (χ2v) is 4.41. The van der Waals surface area contributed by atoms with Crippen LogP contribution in [0, 0.1) is 11.6 Å². The summed E-state index contributed by atoms with van der Waals surface area (Å²) >= 11 is 0. The first-order valence-electron chi connectivity index (χ1n) is 5.56. The van der Waals surface area contributed by atoms with Gasteiger partial charge in [0.2, 0.25) is 0 Å². The number of aromatic nitrogens is 1. The maximum Gasteiger partial charge on any atom is 0.164 e. The Hall–Kier alpha value is -1.81. The monoisotopic (exact) mass is 249 g/mol. The molecular formula is C14H13F2NO. The third-order valence-corrected chi connectivity index (χ3v) is 2.83. The molecule has 0 aliphatic carbocycles. The summed E-state index contributed by atoms with van der Waals surface area (Å²) in [7, 11) is 0. The van der Waals surface area contributed by atoms with Crippen LogP contribution in [-0.2, 0) is 12.0 Å². The average molecular weight is 249 g/mol. The lowest BCUT2D eigenvalue weighted by atomic mass is 9.89. The molecule has 2 rings (SSSR count). The third-order valence-electron chi connectivity index (χ3n) is 2.83. The summed E-state index contributed by atoms with van der Waals surface area (Å²) < 4.78 is 26.8. The topological polar surface area (TPSA) is 33.1 Å². The van der Waals surface area contributed by atoms with Gasteiger partial charge in [-0.1, -0.05) is 12.1 Å². The highest BCUT2D eigenvalue weighted by Crippen LogP contribution is 2.28. The zero-order valence-corrected chi connectivity index (χ0v) is 9.90. The van der Waals surface area contributed by atoms with Crippen LogP contribution in [-0.4, -0.2) is 10.1 Å². The fraction of sp³-hybridized carbons (Fsp3) is 0.214. The Labute approximate surface area is 104 Å². The van der Waals surface area contributed by atoms with Crippen LogP contribution in [0.3, 0.4) is 0 Å². The summed E-state index contributed by atoms with van der Waals surface area (Å²) in [6.45, 7) is 1.46. The van der Waals surface area contributed by atoms with E-state index in [4.69, 9.17) is 0 Å². The SMILES string of the molecule is CC(O)(Cc1ccncc1)c1cccc(F)c1F. The average Bonchev–Trinajstić information content (AvgIpc) is 2.33. The van der Waals surface area contributed by atoms with Crippen molar-refractivity contribution in [2.45, 2.75) is 18.9 Å². The Morgan fingerprint density at radius 3 is 2.50 bits per heavy atom. The van der Waals surface area contributed by atoms with Crippen molar-refractivity contribution in [1.29, 1.82) is 0 Å². The molecule has 94 valence electrons. The first kappa shape index (κ1) is 12.6. The largest absolute Gasteiger partial charge is 0.385 e. The molecule has 0 aliphatic rings. The first-order valence-corrected chi connectivity index (χ1v) is 5.56. The molecule has 2 nitrogen and oxygen atoms in total. The third kappa shape index (κ3) is 2.54. The van der Waals surface area contributed by atoms with Crippen LogP contribution in [0.4, 0.5) is 8.78 Å². The predicted octanol–water partition coefficient (Wildman–Crippen LogP) is 2.81. The highest BCUT2D eigenvalue weighted by molar-refractivity contribution is 5.27. The Balaban J connectivity index is 2.33. The zero-order valence-electron chi connectivity index (χ0n) is 9.90. The Morgan fingerprint density at radius 1 is 1.17 bits per heavy atom. The number of hydrogen-bond acceptors (Lipinski definition) is 2. The van der Waals surface area contributed by atoms with Gasteiger partial charge in [0.05, 0.1) is 5.60 Å². The van der Waals surface area contributed by atoms with E-state index in [2.05, 4.69) is 4.98 Å². The number of hydrogen-bond donors (Lipinski definition) is 1. The van der Waals surface area contributed by atoms with Crippen LogP contribution >= 0.6 is 0 Å². The molecule has 1 aromatic heterocycles. The Bertz CT molecular complexity index is 541. The van der Waals surface area contributed by atoms with Crippen molar-refractivity contribution in [1.82, 2.24) is 4.98 Å². The van der Waals surface area contributed by atoms with Crippen LogP contribution < -0.4 is 0 Å². The molecule has 0 saturated carbocycles. The van der Waals surface area contributed by atoms with E-state index < -0.39 is 17.2 Å². The van der Waals surface area contributed by atoms with Crippen molar-refractivity contribution in [3.05, 3.63) is 65.5 Å². The fourth-order valence-corrected chi connectivity index (χ4v) is 1.91. The minimum absolute atomic E-state index is 0.0423. The van der Waals surface area contributed by atoms with Gasteiger partial charge >= 0.3 is 0 Å². The number of rotatable bonds is 3. The molecule has 1 N–H and O–H groups in total. The van der Waals surface area contributed by atoms with Crippen molar-refractivity contribution >= 4 is 0 Å². The second-order valence-electron chi connectivity index (χ2n) is 4.41. The normalized spacial score (nSPS) is 14.2. The van der Waals surface area contributed by atoms with Crippen LogP contribution in [0.5, 0.6) is 0 Å². The van der Waals surface area contributed by atoms with Crippen molar-refractivity contribution in [2.75, 3.05) is 0 Å². The Morgan fingerprint density at radius 2 is 1.83 bits per heavy atom. The quantitative estimate of drug-likeness (QED) is 0.907. The van der Waals surface area contributed by atoms with E-state index in [1.807, 2.05) is 0 Å². The lowest BCUT2D eigenvalue weighted by Gasteiger charge is -2.24. The molecule has 0 radical (unpaired) electrons. The lowest BCUT2D eigenvalue weighted by Crippen LogP contribution is -2.26. The van der Waals surface area contributed by atoms with Gasteiger partial charge in [0.15, 0.2) is 11.6 Å². The molecule has 1 atom stereocenters. The maximum atomic E-state index is 13.7. The van der Waals surface area contributed by atoms with Crippen LogP contribution in [0.15, 0.2) is 42.7 Å². The molecule has 1 aromatic carbocycles. The Kier molecular flexibility index (Phi) is 3.39.